The number of aromatic hydroxyl groups is 1. The van der Waals surface area contributed by atoms with Crippen LogP contribution in [0.25, 0.3) is 0 Å². The van der Waals surface area contributed by atoms with Crippen molar-refractivity contribution in [3.63, 3.8) is 0 Å². The number of amides is 2. The Hall–Kier alpha value is -3.27. The molecule has 0 aliphatic heterocycles. The maximum Gasteiger partial charge on any atom is 0.261 e. The molecule has 0 radical (unpaired) electrons. The summed E-state index contributed by atoms with van der Waals surface area (Å²) in [4.78, 5) is 23.7. The Bertz CT molecular complexity index is 1050. The van der Waals surface area contributed by atoms with E-state index in [1.165, 1.54) is 19.2 Å². The number of carbonyl (C=O) groups excluding carboxylic acids is 2. The van der Waals surface area contributed by atoms with E-state index in [1.807, 2.05) is 6.92 Å². The van der Waals surface area contributed by atoms with Crippen molar-refractivity contribution in [2.24, 2.45) is 11.8 Å². The number of benzene rings is 2. The van der Waals surface area contributed by atoms with E-state index < -0.39 is 15.9 Å². The minimum absolute atomic E-state index is 0.0660. The van der Waals surface area contributed by atoms with Crippen LogP contribution in [0.2, 0.25) is 0 Å². The first-order chi connectivity index (χ1) is 14.2. The molecule has 1 aliphatic rings. The van der Waals surface area contributed by atoms with Crippen LogP contribution in [-0.4, -0.2) is 39.0 Å². The zero-order chi connectivity index (χ0) is 21.9. The first-order valence-electron chi connectivity index (χ1n) is 9.27. The van der Waals surface area contributed by atoms with Gasteiger partial charge in [-0.2, -0.15) is 0 Å². The van der Waals surface area contributed by atoms with E-state index in [4.69, 9.17) is 4.74 Å². The number of hydrogen-bond donors (Lipinski definition) is 4. The second-order valence-corrected chi connectivity index (χ2v) is 8.78. The molecule has 2 amide bonds. The molecule has 0 unspecified atom stereocenters. The fraction of sp³-hybridized carbons (Fsp3) is 0.300. The number of hydrogen-bond acceptors (Lipinski definition) is 6. The Morgan fingerprint density at radius 1 is 1.17 bits per heavy atom. The summed E-state index contributed by atoms with van der Waals surface area (Å²) in [7, 11) is -2.46. The number of carbonyl (C=O) groups is 2. The molecule has 10 heteroatoms. The molecule has 9 nitrogen and oxygen atoms in total. The van der Waals surface area contributed by atoms with Gasteiger partial charge in [0, 0.05) is 11.6 Å². The van der Waals surface area contributed by atoms with Crippen LogP contribution < -0.4 is 20.1 Å². The molecule has 2 atom stereocenters. The average Bonchev–Trinajstić information content (AvgIpc) is 3.44. The summed E-state index contributed by atoms with van der Waals surface area (Å²) in [5.41, 5.74) is 0.248. The Morgan fingerprint density at radius 2 is 1.83 bits per heavy atom. The maximum atomic E-state index is 12.6. The zero-order valence-corrected chi connectivity index (χ0v) is 17.3. The molecule has 1 aliphatic carbocycles. The first kappa shape index (κ1) is 21.4. The number of phenolic OH excluding ortho intramolecular Hbond substituents is 1. The first-order valence-corrected chi connectivity index (χ1v) is 10.8. The van der Waals surface area contributed by atoms with Crippen molar-refractivity contribution in [3.8, 4) is 11.5 Å². The highest BCUT2D eigenvalue weighted by molar-refractivity contribution is 7.92. The van der Waals surface area contributed by atoms with Crippen molar-refractivity contribution < 1.29 is 27.9 Å². The minimum Gasteiger partial charge on any atom is -0.506 e. The van der Waals surface area contributed by atoms with E-state index in [9.17, 15) is 23.1 Å². The largest absolute Gasteiger partial charge is 0.506 e. The quantitative estimate of drug-likeness (QED) is 0.470. The molecule has 3 rings (SSSR count). The number of anilines is 2. The summed E-state index contributed by atoms with van der Waals surface area (Å²) in [6, 6.07) is 9.83. The highest BCUT2D eigenvalue weighted by Crippen LogP contribution is 2.37. The lowest BCUT2D eigenvalue weighted by molar-refractivity contribution is -0.125. The molecular weight excluding hydrogens is 410 g/mol. The second-order valence-electron chi connectivity index (χ2n) is 7.10. The number of nitrogens with one attached hydrogen (secondary N) is 3. The molecule has 4 N–H and O–H groups in total. The average molecular weight is 433 g/mol. The lowest BCUT2D eigenvalue weighted by atomic mass is 10.3. The third kappa shape index (κ3) is 5.20. The van der Waals surface area contributed by atoms with Crippen LogP contribution in [-0.2, 0) is 19.6 Å². The number of sulfonamides is 1. The second kappa shape index (κ2) is 8.62. The van der Waals surface area contributed by atoms with Crippen LogP contribution in [0.5, 0.6) is 11.5 Å². The SMILES string of the molecule is COc1ccc(NS(=O)(=O)c2ccc(O)c(NC(=O)CNC(=O)[C@@H]3C[C@@H]3C)c2)cc1. The Balaban J connectivity index is 1.67. The fourth-order valence-electron chi connectivity index (χ4n) is 2.84. The highest BCUT2D eigenvalue weighted by Gasteiger charge is 2.39. The Labute approximate surface area is 174 Å². The number of ether oxygens (including phenoxy) is 1. The van der Waals surface area contributed by atoms with Crippen LogP contribution in [0.4, 0.5) is 11.4 Å². The third-order valence-electron chi connectivity index (χ3n) is 4.76. The molecule has 0 bridgehead atoms. The van der Waals surface area contributed by atoms with Crippen molar-refractivity contribution in [3.05, 3.63) is 42.5 Å². The summed E-state index contributed by atoms with van der Waals surface area (Å²) in [5, 5.41) is 14.9. The van der Waals surface area contributed by atoms with E-state index in [1.54, 1.807) is 24.3 Å². The summed E-state index contributed by atoms with van der Waals surface area (Å²) < 4.78 is 32.7. The van der Waals surface area contributed by atoms with Gasteiger partial charge in [0.25, 0.3) is 10.0 Å². The highest BCUT2D eigenvalue weighted by atomic mass is 32.2. The van der Waals surface area contributed by atoms with E-state index in [2.05, 4.69) is 15.4 Å². The molecule has 30 heavy (non-hydrogen) atoms. The topological polar surface area (TPSA) is 134 Å². The minimum atomic E-state index is -3.97. The molecule has 160 valence electrons. The van der Waals surface area contributed by atoms with Crippen LogP contribution in [0, 0.1) is 11.8 Å². The van der Waals surface area contributed by atoms with Crippen LogP contribution >= 0.6 is 0 Å². The molecule has 0 saturated heterocycles. The van der Waals surface area contributed by atoms with Gasteiger partial charge in [0.1, 0.15) is 11.5 Å². The normalized spacial score (nSPS) is 17.7. The van der Waals surface area contributed by atoms with Crippen LogP contribution in [0.1, 0.15) is 13.3 Å². The van der Waals surface area contributed by atoms with Crippen molar-refractivity contribution >= 4 is 33.2 Å². The van der Waals surface area contributed by atoms with Crippen molar-refractivity contribution in [1.82, 2.24) is 5.32 Å². The maximum absolute atomic E-state index is 12.6. The number of rotatable bonds is 8. The molecule has 1 saturated carbocycles. The predicted molar refractivity (Wildman–Crippen MR) is 111 cm³/mol. The van der Waals surface area contributed by atoms with E-state index in [0.29, 0.717) is 17.4 Å². The summed E-state index contributed by atoms with van der Waals surface area (Å²) in [6.45, 7) is 1.68. The smallest absolute Gasteiger partial charge is 0.261 e. The summed E-state index contributed by atoms with van der Waals surface area (Å²) in [6.07, 6.45) is 0.801. The van der Waals surface area contributed by atoms with Crippen LogP contribution in [0.15, 0.2) is 47.4 Å². The van der Waals surface area contributed by atoms with Crippen molar-refractivity contribution in [1.29, 1.82) is 0 Å². The lowest BCUT2D eigenvalue weighted by Crippen LogP contribution is -2.34. The van der Waals surface area contributed by atoms with E-state index in [-0.39, 0.29) is 34.7 Å². The molecule has 0 heterocycles. The molecular formula is C20H23N3O6S. The molecule has 2 aromatic carbocycles. The van der Waals surface area contributed by atoms with Gasteiger partial charge in [0.15, 0.2) is 0 Å². The van der Waals surface area contributed by atoms with Gasteiger partial charge < -0.3 is 20.5 Å². The predicted octanol–water partition coefficient (Wildman–Crippen LogP) is 1.91. The molecule has 0 aromatic heterocycles. The fourth-order valence-corrected chi connectivity index (χ4v) is 3.92. The Morgan fingerprint density at radius 3 is 2.43 bits per heavy atom. The van der Waals surface area contributed by atoms with Gasteiger partial charge in [-0.25, -0.2) is 8.42 Å². The van der Waals surface area contributed by atoms with Gasteiger partial charge in [0.05, 0.1) is 24.2 Å². The monoisotopic (exact) mass is 433 g/mol. The van der Waals surface area contributed by atoms with E-state index in [0.717, 1.165) is 12.5 Å². The van der Waals surface area contributed by atoms with Crippen molar-refractivity contribution in [2.75, 3.05) is 23.7 Å². The van der Waals surface area contributed by atoms with E-state index >= 15 is 0 Å². The van der Waals surface area contributed by atoms with Gasteiger partial charge in [0.2, 0.25) is 11.8 Å². The van der Waals surface area contributed by atoms with Gasteiger partial charge in [-0.15, -0.1) is 0 Å². The van der Waals surface area contributed by atoms with Crippen molar-refractivity contribution in [2.45, 2.75) is 18.2 Å². The Kier molecular flexibility index (Phi) is 6.16. The summed E-state index contributed by atoms with van der Waals surface area (Å²) >= 11 is 0. The molecule has 2 aromatic rings. The number of phenols is 1. The molecule has 1 fully saturated rings. The lowest BCUT2D eigenvalue weighted by Gasteiger charge is -2.12. The molecule has 0 spiro atoms. The number of methoxy groups -OCH3 is 1. The van der Waals surface area contributed by atoms with Gasteiger partial charge >= 0.3 is 0 Å². The van der Waals surface area contributed by atoms with Gasteiger partial charge in [-0.1, -0.05) is 6.92 Å². The van der Waals surface area contributed by atoms with Crippen LogP contribution in [0.3, 0.4) is 0 Å². The summed E-state index contributed by atoms with van der Waals surface area (Å²) in [5.74, 6) is -0.239. The van der Waals surface area contributed by atoms with Gasteiger partial charge in [-0.3, -0.25) is 14.3 Å². The van der Waals surface area contributed by atoms with Gasteiger partial charge in [-0.05, 0) is 54.8 Å². The zero-order valence-electron chi connectivity index (χ0n) is 16.5. The standard InChI is InChI=1S/C20H23N3O6S/c1-12-9-16(12)20(26)21-11-19(25)22-17-10-15(7-8-18(17)24)30(27,28)23-13-3-5-14(29-2)6-4-13/h3-8,10,12,16,23-24H,9,11H2,1-2H3,(H,21,26)(H,22,25)/t12-,16+/m0/s1. The third-order valence-corrected chi connectivity index (χ3v) is 6.14.